The van der Waals surface area contributed by atoms with Gasteiger partial charge in [0.1, 0.15) is 5.75 Å². The number of carbonyl (C=O) groups is 1. The number of anilines is 1. The van der Waals surface area contributed by atoms with E-state index in [4.69, 9.17) is 10.5 Å². The summed E-state index contributed by atoms with van der Waals surface area (Å²) in [5.41, 5.74) is 7.48. The number of methoxy groups -OCH3 is 1. The van der Waals surface area contributed by atoms with Gasteiger partial charge in [-0.2, -0.15) is 5.10 Å². The van der Waals surface area contributed by atoms with Crippen molar-refractivity contribution in [3.05, 3.63) is 41.7 Å². The van der Waals surface area contributed by atoms with Crippen LogP contribution in [0.15, 0.2) is 30.5 Å². The number of benzene rings is 1. The van der Waals surface area contributed by atoms with Crippen LogP contribution in [-0.4, -0.2) is 22.8 Å². The molecule has 0 aliphatic rings. The fourth-order valence-corrected chi connectivity index (χ4v) is 2.09. The maximum atomic E-state index is 11.3. The van der Waals surface area contributed by atoms with E-state index in [-0.39, 0.29) is 6.04 Å². The molecule has 0 saturated carbocycles. The average Bonchev–Trinajstić information content (AvgIpc) is 2.84. The molecule has 0 aliphatic heterocycles. The van der Waals surface area contributed by atoms with Crippen LogP contribution in [0, 0.1) is 0 Å². The molecule has 2 rings (SSSR count). The number of ether oxygens (including phenoxy) is 1. The van der Waals surface area contributed by atoms with Crippen LogP contribution in [-0.2, 0) is 7.05 Å². The van der Waals surface area contributed by atoms with Gasteiger partial charge in [0.25, 0.3) is 0 Å². The fraction of sp³-hybridized carbons (Fsp3) is 0.286. The SMILES string of the molecule is COc1ccc(C(N)=O)cc1NC(C)c1ccnn1C. The van der Waals surface area contributed by atoms with E-state index < -0.39 is 5.91 Å². The number of primary amides is 1. The summed E-state index contributed by atoms with van der Waals surface area (Å²) in [6, 6.07) is 7.00. The van der Waals surface area contributed by atoms with Gasteiger partial charge in [0.2, 0.25) is 5.91 Å². The van der Waals surface area contributed by atoms with Gasteiger partial charge < -0.3 is 15.8 Å². The van der Waals surface area contributed by atoms with Crippen molar-refractivity contribution in [3.8, 4) is 5.75 Å². The topological polar surface area (TPSA) is 82.2 Å². The number of hydrogen-bond donors (Lipinski definition) is 2. The van der Waals surface area contributed by atoms with Gasteiger partial charge in [0.05, 0.1) is 24.5 Å². The minimum atomic E-state index is -0.469. The Labute approximate surface area is 117 Å². The van der Waals surface area contributed by atoms with Gasteiger partial charge in [-0.05, 0) is 31.2 Å². The lowest BCUT2D eigenvalue weighted by atomic mass is 10.1. The molecule has 0 radical (unpaired) electrons. The number of aryl methyl sites for hydroxylation is 1. The highest BCUT2D eigenvalue weighted by molar-refractivity contribution is 5.94. The molecule has 1 aromatic heterocycles. The minimum absolute atomic E-state index is 0.0135. The van der Waals surface area contributed by atoms with Gasteiger partial charge in [-0.15, -0.1) is 0 Å². The van der Waals surface area contributed by atoms with Crippen LogP contribution >= 0.6 is 0 Å². The molecule has 106 valence electrons. The van der Waals surface area contributed by atoms with Crippen molar-refractivity contribution >= 4 is 11.6 Å². The lowest BCUT2D eigenvalue weighted by molar-refractivity contribution is 0.100. The van der Waals surface area contributed by atoms with Crippen molar-refractivity contribution in [1.82, 2.24) is 9.78 Å². The van der Waals surface area contributed by atoms with E-state index in [0.29, 0.717) is 11.3 Å². The van der Waals surface area contributed by atoms with Crippen molar-refractivity contribution in [3.63, 3.8) is 0 Å². The van der Waals surface area contributed by atoms with Crippen molar-refractivity contribution in [2.75, 3.05) is 12.4 Å². The highest BCUT2D eigenvalue weighted by atomic mass is 16.5. The molecular formula is C14H18N4O2. The summed E-state index contributed by atoms with van der Waals surface area (Å²) >= 11 is 0. The van der Waals surface area contributed by atoms with Crippen LogP contribution in [0.25, 0.3) is 0 Å². The van der Waals surface area contributed by atoms with Crippen molar-refractivity contribution < 1.29 is 9.53 Å². The standard InChI is InChI=1S/C14H18N4O2/c1-9(12-6-7-16-18(12)2)17-11-8-10(14(15)19)4-5-13(11)20-3/h4-9,17H,1-3H3,(H2,15,19). The smallest absolute Gasteiger partial charge is 0.248 e. The third kappa shape index (κ3) is 2.74. The highest BCUT2D eigenvalue weighted by Gasteiger charge is 2.13. The molecule has 0 bridgehead atoms. The first kappa shape index (κ1) is 13.9. The van der Waals surface area contributed by atoms with Crippen LogP contribution in [0.4, 0.5) is 5.69 Å². The summed E-state index contributed by atoms with van der Waals surface area (Å²) in [4.78, 5) is 11.3. The molecular weight excluding hydrogens is 256 g/mol. The average molecular weight is 274 g/mol. The normalized spacial score (nSPS) is 11.9. The molecule has 1 unspecified atom stereocenters. The van der Waals surface area contributed by atoms with E-state index >= 15 is 0 Å². The molecule has 1 atom stereocenters. The summed E-state index contributed by atoms with van der Waals surface area (Å²) in [6.07, 6.45) is 1.74. The molecule has 1 aromatic carbocycles. The first-order valence-electron chi connectivity index (χ1n) is 6.25. The highest BCUT2D eigenvalue weighted by Crippen LogP contribution is 2.29. The third-order valence-electron chi connectivity index (χ3n) is 3.16. The monoisotopic (exact) mass is 274 g/mol. The Hall–Kier alpha value is -2.50. The van der Waals surface area contributed by atoms with Gasteiger partial charge in [-0.1, -0.05) is 0 Å². The minimum Gasteiger partial charge on any atom is -0.495 e. The Morgan fingerprint density at radius 3 is 2.75 bits per heavy atom. The number of nitrogens with two attached hydrogens (primary N) is 1. The Bertz CT molecular complexity index is 621. The predicted octanol–water partition coefficient (Wildman–Crippen LogP) is 1.70. The molecule has 1 amide bonds. The van der Waals surface area contributed by atoms with Crippen molar-refractivity contribution in [2.45, 2.75) is 13.0 Å². The number of carbonyl (C=O) groups excluding carboxylic acids is 1. The Morgan fingerprint density at radius 2 is 2.20 bits per heavy atom. The van der Waals surface area contributed by atoms with E-state index in [9.17, 15) is 4.79 Å². The number of nitrogens with zero attached hydrogens (tertiary/aromatic N) is 2. The van der Waals surface area contributed by atoms with Gasteiger partial charge in [-0.25, -0.2) is 0 Å². The first-order valence-corrected chi connectivity index (χ1v) is 6.25. The summed E-state index contributed by atoms with van der Waals surface area (Å²) in [6.45, 7) is 2.01. The van der Waals surface area contributed by atoms with Gasteiger partial charge in [0, 0.05) is 18.8 Å². The number of amides is 1. The lowest BCUT2D eigenvalue weighted by Gasteiger charge is -2.18. The van der Waals surface area contributed by atoms with Crippen LogP contribution in [0.5, 0.6) is 5.75 Å². The zero-order valence-electron chi connectivity index (χ0n) is 11.8. The molecule has 2 aromatic rings. The number of nitrogens with one attached hydrogen (secondary N) is 1. The molecule has 1 heterocycles. The molecule has 6 heteroatoms. The van der Waals surface area contributed by atoms with Crippen molar-refractivity contribution in [1.29, 1.82) is 0 Å². The number of hydrogen-bond acceptors (Lipinski definition) is 4. The Balaban J connectivity index is 2.29. The second kappa shape index (κ2) is 5.64. The van der Waals surface area contributed by atoms with Crippen LogP contribution in [0.3, 0.4) is 0 Å². The molecule has 6 nitrogen and oxygen atoms in total. The fourth-order valence-electron chi connectivity index (χ4n) is 2.09. The molecule has 0 fully saturated rings. The summed E-state index contributed by atoms with van der Waals surface area (Å²) in [5.74, 6) is 0.188. The predicted molar refractivity (Wildman–Crippen MR) is 76.8 cm³/mol. The van der Waals surface area contributed by atoms with Gasteiger partial charge in [0.15, 0.2) is 0 Å². The van der Waals surface area contributed by atoms with E-state index in [2.05, 4.69) is 10.4 Å². The Morgan fingerprint density at radius 1 is 1.45 bits per heavy atom. The lowest BCUT2D eigenvalue weighted by Crippen LogP contribution is -2.14. The van der Waals surface area contributed by atoms with Gasteiger partial charge >= 0.3 is 0 Å². The van der Waals surface area contributed by atoms with E-state index in [1.54, 1.807) is 36.2 Å². The van der Waals surface area contributed by atoms with Crippen LogP contribution in [0.1, 0.15) is 29.0 Å². The quantitative estimate of drug-likeness (QED) is 0.869. The Kier molecular flexibility index (Phi) is 3.93. The second-order valence-corrected chi connectivity index (χ2v) is 4.53. The molecule has 20 heavy (non-hydrogen) atoms. The molecule has 0 spiro atoms. The van der Waals surface area contributed by atoms with Gasteiger partial charge in [-0.3, -0.25) is 9.48 Å². The van der Waals surface area contributed by atoms with Crippen LogP contribution in [0.2, 0.25) is 0 Å². The largest absolute Gasteiger partial charge is 0.495 e. The molecule has 3 N–H and O–H groups in total. The summed E-state index contributed by atoms with van der Waals surface area (Å²) < 4.78 is 7.09. The van der Waals surface area contributed by atoms with E-state index in [1.807, 2.05) is 20.0 Å². The zero-order valence-corrected chi connectivity index (χ0v) is 11.8. The number of rotatable bonds is 5. The van der Waals surface area contributed by atoms with E-state index in [0.717, 1.165) is 11.4 Å². The molecule has 0 saturated heterocycles. The first-order chi connectivity index (χ1) is 9.52. The van der Waals surface area contributed by atoms with E-state index in [1.165, 1.54) is 0 Å². The molecule has 0 aliphatic carbocycles. The third-order valence-corrected chi connectivity index (χ3v) is 3.16. The maximum absolute atomic E-state index is 11.3. The maximum Gasteiger partial charge on any atom is 0.248 e. The number of aromatic nitrogens is 2. The van der Waals surface area contributed by atoms with Crippen molar-refractivity contribution in [2.24, 2.45) is 12.8 Å². The summed E-state index contributed by atoms with van der Waals surface area (Å²) in [7, 11) is 3.46. The summed E-state index contributed by atoms with van der Waals surface area (Å²) in [5, 5.41) is 7.45. The van der Waals surface area contributed by atoms with Crippen LogP contribution < -0.4 is 15.8 Å². The zero-order chi connectivity index (χ0) is 14.7. The second-order valence-electron chi connectivity index (χ2n) is 4.53.